The van der Waals surface area contributed by atoms with Crippen LogP contribution in [0.3, 0.4) is 0 Å². The fraction of sp³-hybridized carbons (Fsp3) is 0.640. The van der Waals surface area contributed by atoms with Crippen LogP contribution in [0.1, 0.15) is 47.0 Å². The van der Waals surface area contributed by atoms with E-state index >= 15 is 0 Å². The normalized spacial score (nSPS) is 44.2. The number of aliphatic hydroxyl groups is 1. The quantitative estimate of drug-likeness (QED) is 0.666. The number of carbonyl (C=O) groups is 3. The fourth-order valence-corrected chi connectivity index (χ4v) is 7.21. The minimum atomic E-state index is -1.67. The molecule has 4 aliphatic rings. The van der Waals surface area contributed by atoms with Crippen molar-refractivity contribution in [2.24, 2.45) is 34.5 Å². The van der Waals surface area contributed by atoms with Crippen LogP contribution in [-0.4, -0.2) is 41.4 Å². The van der Waals surface area contributed by atoms with Crippen LogP contribution in [0.2, 0.25) is 0 Å². The number of esters is 2. The summed E-state index contributed by atoms with van der Waals surface area (Å²) in [6, 6.07) is 0. The molecule has 0 aliphatic heterocycles. The van der Waals surface area contributed by atoms with Crippen molar-refractivity contribution in [1.29, 1.82) is 0 Å². The first-order valence-electron chi connectivity index (χ1n) is 11.3. The van der Waals surface area contributed by atoms with Gasteiger partial charge < -0.3 is 14.6 Å². The molecule has 4 aliphatic carbocycles. The maximum atomic E-state index is 13.2. The third-order valence-corrected chi connectivity index (χ3v) is 8.65. The van der Waals surface area contributed by atoms with Gasteiger partial charge in [0, 0.05) is 29.1 Å². The third kappa shape index (κ3) is 2.89. The van der Waals surface area contributed by atoms with E-state index in [4.69, 9.17) is 9.47 Å². The molecule has 1 N–H and O–H groups in total. The molecule has 0 aromatic carbocycles. The first-order valence-corrected chi connectivity index (χ1v) is 11.3. The number of carbonyl (C=O) groups excluding carboxylic acids is 3. The summed E-state index contributed by atoms with van der Waals surface area (Å²) in [5.74, 6) is -2.38. The number of rotatable bonds is 4. The molecule has 0 saturated heterocycles. The third-order valence-electron chi connectivity index (χ3n) is 8.65. The van der Waals surface area contributed by atoms with Gasteiger partial charge in [-0.1, -0.05) is 45.9 Å². The monoisotopic (exact) mass is 446 g/mol. The van der Waals surface area contributed by atoms with Gasteiger partial charge in [-0.05, 0) is 42.4 Å². The van der Waals surface area contributed by atoms with Gasteiger partial charge in [0.1, 0.15) is 0 Å². The fourth-order valence-electron chi connectivity index (χ4n) is 7.21. The van der Waals surface area contributed by atoms with Gasteiger partial charge in [0.2, 0.25) is 12.5 Å². The summed E-state index contributed by atoms with van der Waals surface area (Å²) in [7, 11) is 0. The zero-order valence-electron chi connectivity index (χ0n) is 19.0. The summed E-state index contributed by atoms with van der Waals surface area (Å²) >= 11 is 0. The van der Waals surface area contributed by atoms with Crippen LogP contribution >= 0.6 is 0 Å². The number of hydrogen-bond acceptors (Lipinski definition) is 6. The lowest BCUT2D eigenvalue weighted by Gasteiger charge is -2.58. The highest BCUT2D eigenvalue weighted by Crippen LogP contribution is 2.68. The van der Waals surface area contributed by atoms with Gasteiger partial charge in [0.15, 0.2) is 5.78 Å². The predicted molar refractivity (Wildman–Crippen MR) is 114 cm³/mol. The number of allylic oxidation sites excluding steroid dienone is 6. The SMILES string of the molecule is CCC(=O)O[C@@]1(C(=O)OCF)[C@@H](C)C[C@H]2[C@@H]3C=CC4=CC(=O)C=C[C@]4(C)[C@H]3[C@@H](O)C[C@@]21C. The second kappa shape index (κ2) is 7.65. The highest BCUT2D eigenvalue weighted by Gasteiger charge is 2.73. The highest BCUT2D eigenvalue weighted by atomic mass is 19.1. The Labute approximate surface area is 187 Å². The Morgan fingerprint density at radius 2 is 2.00 bits per heavy atom. The summed E-state index contributed by atoms with van der Waals surface area (Å²) in [6.45, 7) is 6.03. The van der Waals surface area contributed by atoms with Crippen LogP contribution in [0.4, 0.5) is 4.39 Å². The molecular weight excluding hydrogens is 415 g/mol. The van der Waals surface area contributed by atoms with Gasteiger partial charge in [-0.25, -0.2) is 9.18 Å². The van der Waals surface area contributed by atoms with E-state index in [1.54, 1.807) is 19.1 Å². The van der Waals surface area contributed by atoms with Gasteiger partial charge in [-0.15, -0.1) is 0 Å². The van der Waals surface area contributed by atoms with Gasteiger partial charge in [0.25, 0.3) is 0 Å². The number of fused-ring (bicyclic) bond motifs is 5. The first-order chi connectivity index (χ1) is 15.0. The molecule has 6 nitrogen and oxygen atoms in total. The summed E-state index contributed by atoms with van der Waals surface area (Å²) in [6.07, 6.45) is 8.96. The molecule has 2 fully saturated rings. The lowest BCUT2D eigenvalue weighted by Crippen LogP contribution is -2.63. The second-order valence-electron chi connectivity index (χ2n) is 10.1. The Kier molecular flexibility index (Phi) is 5.47. The van der Waals surface area contributed by atoms with Crippen LogP contribution in [0.25, 0.3) is 0 Å². The first kappa shape index (κ1) is 22.9. The van der Waals surface area contributed by atoms with E-state index in [9.17, 15) is 23.9 Å². The molecule has 2 saturated carbocycles. The van der Waals surface area contributed by atoms with Crippen molar-refractivity contribution in [1.82, 2.24) is 0 Å². The van der Waals surface area contributed by atoms with E-state index in [1.807, 2.05) is 39.0 Å². The maximum absolute atomic E-state index is 13.2. The number of ether oxygens (including phenoxy) is 2. The molecule has 0 radical (unpaired) electrons. The number of aliphatic hydroxyl groups excluding tert-OH is 1. The molecule has 8 atom stereocenters. The maximum Gasteiger partial charge on any atom is 0.353 e. The number of ketones is 1. The van der Waals surface area contributed by atoms with Gasteiger partial charge in [-0.3, -0.25) is 9.59 Å². The summed E-state index contributed by atoms with van der Waals surface area (Å²) < 4.78 is 23.7. The van der Waals surface area contributed by atoms with Gasteiger partial charge in [-0.2, -0.15) is 0 Å². The van der Waals surface area contributed by atoms with Crippen molar-refractivity contribution in [2.75, 3.05) is 6.86 Å². The smallest absolute Gasteiger partial charge is 0.353 e. The molecule has 0 aromatic rings. The molecule has 32 heavy (non-hydrogen) atoms. The number of hydrogen-bond donors (Lipinski definition) is 1. The van der Waals surface area contributed by atoms with Crippen LogP contribution in [0.5, 0.6) is 0 Å². The van der Waals surface area contributed by atoms with Crippen molar-refractivity contribution >= 4 is 17.7 Å². The van der Waals surface area contributed by atoms with E-state index in [0.717, 1.165) is 5.57 Å². The molecular formula is C25H31FO6. The average Bonchev–Trinajstić information content (AvgIpc) is 2.95. The van der Waals surface area contributed by atoms with Crippen molar-refractivity contribution in [3.05, 3.63) is 36.0 Å². The lowest BCUT2D eigenvalue weighted by molar-refractivity contribution is -0.217. The Hall–Kier alpha value is -2.28. The van der Waals surface area contributed by atoms with Crippen LogP contribution in [0.15, 0.2) is 36.0 Å². The summed E-state index contributed by atoms with van der Waals surface area (Å²) in [4.78, 5) is 37.6. The topological polar surface area (TPSA) is 89.9 Å². The Morgan fingerprint density at radius 3 is 2.66 bits per heavy atom. The van der Waals surface area contributed by atoms with Crippen LogP contribution in [-0.2, 0) is 23.9 Å². The van der Waals surface area contributed by atoms with Crippen LogP contribution < -0.4 is 0 Å². The number of halogens is 1. The molecule has 0 spiro atoms. The molecule has 174 valence electrons. The van der Waals surface area contributed by atoms with Crippen molar-refractivity contribution in [2.45, 2.75) is 58.7 Å². The molecule has 0 bridgehead atoms. The summed E-state index contributed by atoms with van der Waals surface area (Å²) in [5.41, 5.74) is -2.28. The van der Waals surface area contributed by atoms with E-state index in [0.29, 0.717) is 6.42 Å². The minimum Gasteiger partial charge on any atom is -0.446 e. The van der Waals surface area contributed by atoms with E-state index in [2.05, 4.69) is 0 Å². The van der Waals surface area contributed by atoms with Crippen molar-refractivity contribution < 1.29 is 33.4 Å². The molecule has 0 heterocycles. The largest absolute Gasteiger partial charge is 0.446 e. The molecule has 0 amide bonds. The Morgan fingerprint density at radius 1 is 1.28 bits per heavy atom. The molecule has 7 heteroatoms. The second-order valence-corrected chi connectivity index (χ2v) is 10.1. The van der Waals surface area contributed by atoms with Gasteiger partial charge in [0.05, 0.1) is 6.10 Å². The van der Waals surface area contributed by atoms with Crippen molar-refractivity contribution in [3.63, 3.8) is 0 Å². The molecule has 0 unspecified atom stereocenters. The van der Waals surface area contributed by atoms with E-state index in [-0.39, 0.29) is 36.4 Å². The van der Waals surface area contributed by atoms with Crippen molar-refractivity contribution in [3.8, 4) is 0 Å². The van der Waals surface area contributed by atoms with E-state index in [1.165, 1.54) is 0 Å². The molecule has 0 aromatic heterocycles. The Balaban J connectivity index is 1.83. The van der Waals surface area contributed by atoms with Crippen LogP contribution in [0, 0.1) is 34.5 Å². The van der Waals surface area contributed by atoms with Gasteiger partial charge >= 0.3 is 11.9 Å². The zero-order valence-corrected chi connectivity index (χ0v) is 19.0. The lowest BCUT2D eigenvalue weighted by atomic mass is 9.48. The van der Waals surface area contributed by atoms with E-state index < -0.39 is 47.3 Å². The zero-order chi connectivity index (χ0) is 23.5. The highest BCUT2D eigenvalue weighted by molar-refractivity contribution is 6.01. The predicted octanol–water partition coefficient (Wildman–Crippen LogP) is 3.45. The number of alkyl halides is 1. The summed E-state index contributed by atoms with van der Waals surface area (Å²) in [5, 5.41) is 11.5. The standard InChI is InChI=1S/C25H31FO6/c1-5-20(29)32-25(22(30)31-13-26)14(2)10-18-17-7-6-15-11-16(27)8-9-23(15,3)21(17)19(28)12-24(18,25)4/h6-9,11,14,17-19,21,28H,5,10,12-13H2,1-4H3/t14-,17-,18-,19-,21+,23-,24-,25+/m0/s1. The average molecular weight is 447 g/mol. The minimum absolute atomic E-state index is 0.0671. The Bertz CT molecular complexity index is 937. The molecule has 4 rings (SSSR count).